The Kier molecular flexibility index (Phi) is 9.49. The smallest absolute Gasteiger partial charge is 0.0414 e. The van der Waals surface area contributed by atoms with E-state index in [9.17, 15) is 0 Å². The molecule has 1 aliphatic carbocycles. The monoisotopic (exact) mass is 199 g/mol. The van der Waals surface area contributed by atoms with E-state index in [4.69, 9.17) is 0 Å². The third kappa shape index (κ3) is 8.55. The van der Waals surface area contributed by atoms with Crippen molar-refractivity contribution in [2.75, 3.05) is 0 Å². The second kappa shape index (κ2) is 9.51. The molecule has 14 heavy (non-hydrogen) atoms. The highest BCUT2D eigenvalue weighted by Gasteiger charge is 2.19. The van der Waals surface area contributed by atoms with Crippen LogP contribution in [0.4, 0.5) is 0 Å². The van der Waals surface area contributed by atoms with Crippen molar-refractivity contribution in [2.24, 2.45) is 5.92 Å². The van der Waals surface area contributed by atoms with Crippen molar-refractivity contribution in [2.45, 2.75) is 77.6 Å². The molecule has 0 aromatic carbocycles. The quantitative estimate of drug-likeness (QED) is 0.516. The van der Waals surface area contributed by atoms with Crippen molar-refractivity contribution in [1.82, 2.24) is 6.15 Å². The summed E-state index contributed by atoms with van der Waals surface area (Å²) in [6.07, 6.45) is 16.4. The summed E-state index contributed by atoms with van der Waals surface area (Å²) in [7, 11) is 0. The van der Waals surface area contributed by atoms with Gasteiger partial charge in [0.05, 0.1) is 0 Å². The highest BCUT2D eigenvalue weighted by molar-refractivity contribution is 4.72. The fraction of sp³-hybridized carbons (Fsp3) is 1.00. The molecule has 1 saturated carbocycles. The van der Waals surface area contributed by atoms with Crippen LogP contribution in [0.3, 0.4) is 0 Å². The standard InChI is InChI=1S/C13H26.H3N/c1-2-3-4-5-6-7-8-9-10-13-11-12-13;/h13H,2-12H2,1H3;1H3. The van der Waals surface area contributed by atoms with Crippen molar-refractivity contribution in [3.05, 3.63) is 0 Å². The van der Waals surface area contributed by atoms with Crippen LogP contribution in [0.5, 0.6) is 0 Å². The van der Waals surface area contributed by atoms with Crippen LogP contribution in [0.15, 0.2) is 0 Å². The number of hydrogen-bond donors (Lipinski definition) is 1. The molecule has 1 nitrogen and oxygen atoms in total. The largest absolute Gasteiger partial charge is 0.344 e. The van der Waals surface area contributed by atoms with Crippen molar-refractivity contribution < 1.29 is 0 Å². The molecule has 0 aromatic heterocycles. The van der Waals surface area contributed by atoms with Gasteiger partial charge >= 0.3 is 0 Å². The van der Waals surface area contributed by atoms with Crippen LogP contribution in [-0.2, 0) is 0 Å². The van der Waals surface area contributed by atoms with Crippen LogP contribution in [0.2, 0.25) is 0 Å². The van der Waals surface area contributed by atoms with E-state index < -0.39 is 0 Å². The molecule has 0 bridgehead atoms. The summed E-state index contributed by atoms with van der Waals surface area (Å²) < 4.78 is 0. The summed E-state index contributed by atoms with van der Waals surface area (Å²) in [5.41, 5.74) is 0. The van der Waals surface area contributed by atoms with E-state index in [1.165, 1.54) is 70.6 Å². The van der Waals surface area contributed by atoms with Crippen LogP contribution in [-0.4, -0.2) is 0 Å². The van der Waals surface area contributed by atoms with Gasteiger partial charge in [-0.3, -0.25) is 0 Å². The van der Waals surface area contributed by atoms with E-state index in [-0.39, 0.29) is 6.15 Å². The molecule has 0 atom stereocenters. The molecule has 1 rings (SSSR count). The van der Waals surface area contributed by atoms with Gasteiger partial charge in [0, 0.05) is 0 Å². The van der Waals surface area contributed by atoms with E-state index in [2.05, 4.69) is 6.92 Å². The molecule has 1 aliphatic rings. The maximum atomic E-state index is 2.29. The Hall–Kier alpha value is -0.0400. The van der Waals surface area contributed by atoms with Gasteiger partial charge in [0.15, 0.2) is 0 Å². The van der Waals surface area contributed by atoms with Gasteiger partial charge in [-0.2, -0.15) is 0 Å². The maximum Gasteiger partial charge on any atom is -0.0414 e. The van der Waals surface area contributed by atoms with Crippen LogP contribution in [0, 0.1) is 5.92 Å². The first-order valence-corrected chi connectivity index (χ1v) is 6.43. The molecule has 0 aromatic rings. The summed E-state index contributed by atoms with van der Waals surface area (Å²) in [6.45, 7) is 2.29. The summed E-state index contributed by atoms with van der Waals surface area (Å²) in [6, 6.07) is 0. The second-order valence-electron chi connectivity index (χ2n) is 4.71. The highest BCUT2D eigenvalue weighted by Crippen LogP contribution is 2.34. The van der Waals surface area contributed by atoms with Gasteiger partial charge in [0.2, 0.25) is 0 Å². The van der Waals surface area contributed by atoms with Gasteiger partial charge in [-0.15, -0.1) is 0 Å². The second-order valence-corrected chi connectivity index (χ2v) is 4.71. The fourth-order valence-corrected chi connectivity index (χ4v) is 1.97. The molecule has 1 fully saturated rings. The van der Waals surface area contributed by atoms with Crippen LogP contribution >= 0.6 is 0 Å². The van der Waals surface area contributed by atoms with Crippen LogP contribution < -0.4 is 6.15 Å². The lowest BCUT2D eigenvalue weighted by Gasteiger charge is -2.00. The molecular formula is C13H29N. The Morgan fingerprint density at radius 3 is 1.79 bits per heavy atom. The minimum Gasteiger partial charge on any atom is -0.344 e. The average molecular weight is 199 g/mol. The van der Waals surface area contributed by atoms with Gasteiger partial charge in [-0.05, 0) is 5.92 Å². The van der Waals surface area contributed by atoms with Crippen molar-refractivity contribution in [1.29, 1.82) is 0 Å². The minimum atomic E-state index is 0. The summed E-state index contributed by atoms with van der Waals surface area (Å²) >= 11 is 0. The molecular weight excluding hydrogens is 170 g/mol. The molecule has 0 amide bonds. The average Bonchev–Trinajstić information content (AvgIpc) is 2.93. The summed E-state index contributed by atoms with van der Waals surface area (Å²) in [5.74, 6) is 1.15. The topological polar surface area (TPSA) is 35.0 Å². The predicted octanol–water partition coefficient (Wildman–Crippen LogP) is 5.09. The lowest BCUT2D eigenvalue weighted by molar-refractivity contribution is 0.551. The van der Waals surface area contributed by atoms with Gasteiger partial charge in [-0.1, -0.05) is 77.6 Å². The zero-order chi connectivity index (χ0) is 9.36. The number of rotatable bonds is 9. The molecule has 1 heteroatoms. The molecule has 0 saturated heterocycles. The minimum absolute atomic E-state index is 0. The SMILES string of the molecule is CCCCCCCCCCC1CC1.N. The molecule has 86 valence electrons. The van der Waals surface area contributed by atoms with E-state index in [1.807, 2.05) is 0 Å². The van der Waals surface area contributed by atoms with Gasteiger partial charge < -0.3 is 6.15 Å². The zero-order valence-electron chi connectivity index (χ0n) is 10.1. The Bertz CT molecular complexity index is 108. The van der Waals surface area contributed by atoms with Crippen molar-refractivity contribution in [3.63, 3.8) is 0 Å². The van der Waals surface area contributed by atoms with Gasteiger partial charge in [0.1, 0.15) is 0 Å². The van der Waals surface area contributed by atoms with E-state index in [1.54, 1.807) is 0 Å². The fourth-order valence-electron chi connectivity index (χ4n) is 1.97. The maximum absolute atomic E-state index is 2.29. The lowest BCUT2D eigenvalue weighted by Crippen LogP contribution is -1.81. The molecule has 0 heterocycles. The molecule has 0 unspecified atom stereocenters. The van der Waals surface area contributed by atoms with E-state index >= 15 is 0 Å². The number of hydrogen-bond acceptors (Lipinski definition) is 1. The number of unbranched alkanes of at least 4 members (excludes halogenated alkanes) is 7. The normalized spacial score (nSPS) is 15.2. The van der Waals surface area contributed by atoms with Gasteiger partial charge in [-0.25, -0.2) is 0 Å². The van der Waals surface area contributed by atoms with Crippen molar-refractivity contribution >= 4 is 0 Å². The van der Waals surface area contributed by atoms with Crippen molar-refractivity contribution in [3.8, 4) is 0 Å². The van der Waals surface area contributed by atoms with Crippen LogP contribution in [0.1, 0.15) is 77.6 Å². The molecule has 0 aliphatic heterocycles. The first-order chi connectivity index (χ1) is 6.43. The Morgan fingerprint density at radius 2 is 1.29 bits per heavy atom. The molecule has 3 N–H and O–H groups in total. The van der Waals surface area contributed by atoms with E-state index in [0.29, 0.717) is 0 Å². The first kappa shape index (κ1) is 14.0. The lowest BCUT2D eigenvalue weighted by atomic mass is 10.1. The zero-order valence-corrected chi connectivity index (χ0v) is 10.1. The van der Waals surface area contributed by atoms with E-state index in [0.717, 1.165) is 5.92 Å². The molecule has 0 spiro atoms. The first-order valence-electron chi connectivity index (χ1n) is 6.43. The highest BCUT2D eigenvalue weighted by atomic mass is 14.3. The predicted molar refractivity (Wildman–Crippen MR) is 65.0 cm³/mol. The summed E-state index contributed by atoms with van der Waals surface area (Å²) in [5, 5.41) is 0. The third-order valence-electron chi connectivity index (χ3n) is 3.16. The Morgan fingerprint density at radius 1 is 0.786 bits per heavy atom. The summed E-state index contributed by atoms with van der Waals surface area (Å²) in [4.78, 5) is 0. The van der Waals surface area contributed by atoms with Crippen LogP contribution in [0.25, 0.3) is 0 Å². The third-order valence-corrected chi connectivity index (χ3v) is 3.16. The van der Waals surface area contributed by atoms with Gasteiger partial charge in [0.25, 0.3) is 0 Å². The Labute approximate surface area is 90.2 Å². The Balaban J connectivity index is 0.00000169. The molecule has 0 radical (unpaired) electrons.